The van der Waals surface area contributed by atoms with Gasteiger partial charge in [0.2, 0.25) is 5.91 Å². The summed E-state index contributed by atoms with van der Waals surface area (Å²) in [6.07, 6.45) is 1.12. The Morgan fingerprint density at radius 1 is 0.925 bits per heavy atom. The summed E-state index contributed by atoms with van der Waals surface area (Å²) < 4.78 is 0. The van der Waals surface area contributed by atoms with Gasteiger partial charge in [0, 0.05) is 18.2 Å². The van der Waals surface area contributed by atoms with E-state index in [-0.39, 0.29) is 11.8 Å². The number of hydrogen-bond donors (Lipinski definition) is 5. The number of hydrogen-bond acceptors (Lipinski definition) is 11. The third-order valence-corrected chi connectivity index (χ3v) is 5.68. The number of aliphatic hydroxyl groups is 1. The number of nitro groups is 3. The number of nitro benzene ring substituents is 3. The second kappa shape index (κ2) is 14.1. The normalized spacial score (nSPS) is 11.9. The zero-order valence-corrected chi connectivity index (χ0v) is 21.2. The van der Waals surface area contributed by atoms with Crippen LogP contribution in [0.25, 0.3) is 0 Å². The van der Waals surface area contributed by atoms with Crippen LogP contribution in [0.4, 0.5) is 17.1 Å². The molecule has 0 saturated carbocycles. The number of carbonyl (C=O) groups is 1. The Balaban J connectivity index is 0.000000305. The smallest absolute Gasteiger partial charge is 0.324 e. The van der Waals surface area contributed by atoms with Crippen LogP contribution in [0.5, 0.6) is 11.5 Å². The van der Waals surface area contributed by atoms with Crippen LogP contribution in [0.15, 0.2) is 60.7 Å². The zero-order valence-electron chi connectivity index (χ0n) is 21.2. The first kappa shape index (κ1) is 31.1. The summed E-state index contributed by atoms with van der Waals surface area (Å²) in [6.45, 7) is 2.48. The number of amides is 1. The molecule has 0 aliphatic carbocycles. The number of carbonyl (C=O) groups excluding carboxylic acids is 1. The van der Waals surface area contributed by atoms with E-state index < -0.39 is 49.6 Å². The van der Waals surface area contributed by atoms with Gasteiger partial charge in [0.25, 0.3) is 11.4 Å². The summed E-state index contributed by atoms with van der Waals surface area (Å²) in [4.78, 5) is 38.8. The van der Waals surface area contributed by atoms with Gasteiger partial charge in [-0.3, -0.25) is 35.1 Å². The number of aromatic hydroxyl groups is 2. The number of primary amides is 1. The zero-order chi connectivity index (χ0) is 30.0. The molecule has 0 heterocycles. The highest BCUT2D eigenvalue weighted by Gasteiger charge is 2.30. The van der Waals surface area contributed by atoms with Crippen molar-refractivity contribution in [2.24, 2.45) is 5.73 Å². The van der Waals surface area contributed by atoms with Gasteiger partial charge in [-0.05, 0) is 55.2 Å². The lowest BCUT2D eigenvalue weighted by molar-refractivity contribution is -0.404. The van der Waals surface area contributed by atoms with Crippen LogP contribution in [-0.2, 0) is 6.42 Å². The first-order valence-electron chi connectivity index (χ1n) is 11.7. The Labute approximate surface area is 226 Å². The minimum absolute atomic E-state index is 0.152. The molecular weight excluding hydrogens is 530 g/mol. The number of aryl methyl sites for hydroxylation is 1. The fourth-order valence-corrected chi connectivity index (χ4v) is 3.46. The van der Waals surface area contributed by atoms with Crippen LogP contribution in [0.1, 0.15) is 40.9 Å². The van der Waals surface area contributed by atoms with Crippen molar-refractivity contribution in [2.45, 2.75) is 31.9 Å². The molecule has 0 unspecified atom stereocenters. The van der Waals surface area contributed by atoms with Crippen molar-refractivity contribution in [3.8, 4) is 11.5 Å². The second-order valence-electron chi connectivity index (χ2n) is 8.62. The monoisotopic (exact) mass is 557 g/mol. The van der Waals surface area contributed by atoms with Gasteiger partial charge in [0.05, 0.1) is 33.0 Å². The van der Waals surface area contributed by atoms with Crippen molar-refractivity contribution in [1.82, 2.24) is 5.32 Å². The predicted molar refractivity (Wildman–Crippen MR) is 142 cm³/mol. The summed E-state index contributed by atoms with van der Waals surface area (Å²) >= 11 is 0. The number of benzene rings is 3. The largest absolute Gasteiger partial charge is 0.508 e. The Morgan fingerprint density at radius 2 is 1.50 bits per heavy atom. The maximum atomic E-state index is 11.0. The van der Waals surface area contributed by atoms with E-state index in [4.69, 9.17) is 10.8 Å². The first-order valence-corrected chi connectivity index (χ1v) is 11.7. The van der Waals surface area contributed by atoms with Gasteiger partial charge in [-0.2, -0.15) is 0 Å². The highest BCUT2D eigenvalue weighted by Crippen LogP contribution is 2.39. The first-order chi connectivity index (χ1) is 18.8. The van der Waals surface area contributed by atoms with Crippen molar-refractivity contribution < 1.29 is 34.9 Å². The van der Waals surface area contributed by atoms with Gasteiger partial charge in [-0.1, -0.05) is 24.3 Å². The molecule has 212 valence electrons. The Morgan fingerprint density at radius 3 is 1.98 bits per heavy atom. The molecule has 0 radical (unpaired) electrons. The summed E-state index contributed by atoms with van der Waals surface area (Å²) in [7, 11) is 0. The summed E-state index contributed by atoms with van der Waals surface area (Å²) in [6, 6.07) is 15.1. The quantitative estimate of drug-likeness (QED) is 0.169. The molecule has 15 heteroatoms. The molecule has 3 aromatic rings. The molecule has 0 aromatic heterocycles. The molecule has 15 nitrogen and oxygen atoms in total. The van der Waals surface area contributed by atoms with Gasteiger partial charge >= 0.3 is 11.4 Å². The molecule has 1 amide bonds. The standard InChI is InChI=1S/C19H24N2O3.C6H3N3O7/c1-13(5-6-14-7-9-15(10-8-14)19(20)24)21-12-18(23)16-3-2-4-17(22)11-16;10-6-4(8(13)14)1-3(7(11)12)2-5(6)9(15)16/h2-4,7-11,13,18,21-23H,5-6,12H2,1H3,(H2,20,24);1-2,10H/t13-,18+;/m1./s1. The minimum Gasteiger partial charge on any atom is -0.508 e. The Kier molecular flexibility index (Phi) is 11.0. The number of phenolic OH excluding ortho intramolecular Hbond substituents is 2. The van der Waals surface area contributed by atoms with Gasteiger partial charge < -0.3 is 26.4 Å². The van der Waals surface area contributed by atoms with Crippen LogP contribution >= 0.6 is 0 Å². The number of nitrogens with two attached hydrogens (primary N) is 1. The third kappa shape index (κ3) is 9.00. The maximum Gasteiger partial charge on any atom is 0.324 e. The molecule has 40 heavy (non-hydrogen) atoms. The molecule has 6 N–H and O–H groups in total. The van der Waals surface area contributed by atoms with Gasteiger partial charge in [-0.15, -0.1) is 0 Å². The van der Waals surface area contributed by atoms with E-state index >= 15 is 0 Å². The van der Waals surface area contributed by atoms with Crippen LogP contribution in [0.2, 0.25) is 0 Å². The molecule has 0 bridgehead atoms. The van der Waals surface area contributed by atoms with E-state index in [9.17, 15) is 45.4 Å². The van der Waals surface area contributed by atoms with Crippen LogP contribution in [0.3, 0.4) is 0 Å². The number of non-ortho nitro benzene ring substituents is 1. The fraction of sp³-hybridized carbons (Fsp3) is 0.240. The van der Waals surface area contributed by atoms with E-state index in [1.54, 1.807) is 36.4 Å². The topological polar surface area (TPSA) is 245 Å². The molecule has 3 rings (SSSR count). The summed E-state index contributed by atoms with van der Waals surface area (Å²) in [5, 5.41) is 63.1. The van der Waals surface area contributed by atoms with Crippen molar-refractivity contribution >= 4 is 23.0 Å². The summed E-state index contributed by atoms with van der Waals surface area (Å²) in [5.74, 6) is -1.47. The average molecular weight is 558 g/mol. The molecule has 0 fully saturated rings. The average Bonchev–Trinajstić information content (AvgIpc) is 2.90. The van der Waals surface area contributed by atoms with E-state index in [1.807, 2.05) is 12.1 Å². The third-order valence-electron chi connectivity index (χ3n) is 5.68. The Bertz CT molecular complexity index is 1350. The Hall–Kier alpha value is -5.15. The van der Waals surface area contributed by atoms with E-state index in [0.717, 1.165) is 18.4 Å². The highest BCUT2D eigenvalue weighted by molar-refractivity contribution is 5.92. The number of nitrogens with one attached hydrogen (secondary N) is 1. The molecular formula is C25H27N5O10. The molecule has 0 aliphatic heterocycles. The molecule has 0 saturated heterocycles. The highest BCUT2D eigenvalue weighted by atomic mass is 16.6. The lowest BCUT2D eigenvalue weighted by Gasteiger charge is -2.17. The van der Waals surface area contributed by atoms with Crippen molar-refractivity contribution in [2.75, 3.05) is 6.54 Å². The van der Waals surface area contributed by atoms with Gasteiger partial charge in [0.15, 0.2) is 0 Å². The van der Waals surface area contributed by atoms with Crippen molar-refractivity contribution in [3.63, 3.8) is 0 Å². The number of rotatable bonds is 11. The second-order valence-corrected chi connectivity index (χ2v) is 8.62. The predicted octanol–water partition coefficient (Wildman–Crippen LogP) is 3.25. The van der Waals surface area contributed by atoms with E-state index in [0.29, 0.717) is 29.8 Å². The van der Waals surface area contributed by atoms with Crippen LogP contribution in [0, 0.1) is 30.3 Å². The molecule has 0 aliphatic rings. The maximum absolute atomic E-state index is 11.0. The van der Waals surface area contributed by atoms with Crippen molar-refractivity contribution in [1.29, 1.82) is 0 Å². The lowest BCUT2D eigenvalue weighted by Crippen LogP contribution is -2.30. The van der Waals surface area contributed by atoms with Crippen LogP contribution < -0.4 is 11.1 Å². The van der Waals surface area contributed by atoms with E-state index in [2.05, 4.69) is 12.2 Å². The number of aliphatic hydroxyl groups excluding tert-OH is 1. The van der Waals surface area contributed by atoms with Crippen LogP contribution in [-0.4, -0.2) is 48.6 Å². The molecule has 2 atom stereocenters. The molecule has 3 aromatic carbocycles. The SMILES string of the molecule is C[C@H](CCc1ccc(C(N)=O)cc1)NC[C@H](O)c1cccc(O)c1.O=[N+]([O-])c1cc([N+](=O)[O-])c(O)c([N+](=O)[O-])c1. The van der Waals surface area contributed by atoms with Crippen molar-refractivity contribution in [3.05, 3.63) is 108 Å². The minimum atomic E-state index is -1.21. The molecule has 0 spiro atoms. The fourth-order valence-electron chi connectivity index (χ4n) is 3.46. The number of phenols is 2. The van der Waals surface area contributed by atoms with Gasteiger partial charge in [-0.25, -0.2) is 0 Å². The summed E-state index contributed by atoms with van der Waals surface area (Å²) in [5.41, 5.74) is 4.57. The number of nitrogens with zero attached hydrogens (tertiary/aromatic N) is 3. The lowest BCUT2D eigenvalue weighted by atomic mass is 10.0. The van der Waals surface area contributed by atoms with E-state index in [1.165, 1.54) is 0 Å². The van der Waals surface area contributed by atoms with Gasteiger partial charge in [0.1, 0.15) is 5.75 Å².